The molecule has 1 N–H and O–H groups in total. The highest BCUT2D eigenvalue weighted by atomic mass is 32.2. The summed E-state index contributed by atoms with van der Waals surface area (Å²) in [6, 6.07) is 13.6. The monoisotopic (exact) mass is 717 g/mol. The van der Waals surface area contributed by atoms with Crippen LogP contribution in [0.4, 0.5) is 26.3 Å². The second kappa shape index (κ2) is 10.9. The minimum Gasteiger partial charge on any atom is -0.457 e. The van der Waals surface area contributed by atoms with Crippen molar-refractivity contribution in [3.63, 3.8) is 0 Å². The van der Waals surface area contributed by atoms with Crippen LogP contribution in [0, 0.1) is 17.8 Å². The number of amides is 1. The average molecular weight is 718 g/mol. The molecule has 0 saturated carbocycles. The van der Waals surface area contributed by atoms with E-state index in [1.165, 1.54) is 4.90 Å². The third-order valence-corrected chi connectivity index (χ3v) is 11.3. The summed E-state index contributed by atoms with van der Waals surface area (Å²) in [5.74, 6) is -12.0. The Morgan fingerprint density at radius 3 is 1.94 bits per heavy atom. The molecule has 17 heteroatoms. The molecule has 6 aliphatic rings. The van der Waals surface area contributed by atoms with Gasteiger partial charge in [-0.05, 0) is 42.5 Å². The Bertz CT molecular complexity index is 1780. The molecule has 4 bridgehead atoms. The quantitative estimate of drug-likeness (QED) is 0.255. The molecule has 3 heterocycles. The summed E-state index contributed by atoms with van der Waals surface area (Å²) in [6.07, 6.45) is -17.2. The second-order valence-electron chi connectivity index (χ2n) is 13.4. The maximum atomic E-state index is 14.1. The van der Waals surface area contributed by atoms with Crippen LogP contribution in [0.15, 0.2) is 48.5 Å². The highest BCUT2D eigenvalue weighted by Crippen LogP contribution is 2.58. The summed E-state index contributed by atoms with van der Waals surface area (Å²) in [5.41, 5.74) is -1.79. The number of likely N-dealkylation sites (tertiary alicyclic amines) is 1. The van der Waals surface area contributed by atoms with Crippen molar-refractivity contribution in [2.75, 3.05) is 5.75 Å². The molecule has 3 fully saturated rings. The van der Waals surface area contributed by atoms with Crippen molar-refractivity contribution in [3.05, 3.63) is 70.8 Å². The van der Waals surface area contributed by atoms with E-state index >= 15 is 0 Å². The number of rotatable bonds is 7. The maximum absolute atomic E-state index is 14.1. The Morgan fingerprint density at radius 1 is 0.918 bits per heavy atom. The van der Waals surface area contributed by atoms with Crippen LogP contribution in [0.5, 0.6) is 0 Å². The fourth-order valence-corrected chi connectivity index (χ4v) is 9.62. The van der Waals surface area contributed by atoms with E-state index < -0.39 is 106 Å². The predicted molar refractivity (Wildman–Crippen MR) is 153 cm³/mol. The van der Waals surface area contributed by atoms with Crippen molar-refractivity contribution in [1.82, 2.24) is 4.90 Å². The second-order valence-corrected chi connectivity index (χ2v) is 14.9. The first-order chi connectivity index (χ1) is 22.8. The first-order valence-electron chi connectivity index (χ1n) is 15.4. The number of carbonyl (C=O) groups excluding carboxylic acids is 3. The van der Waals surface area contributed by atoms with Gasteiger partial charge >= 0.3 is 29.9 Å². The first-order valence-corrected chi connectivity index (χ1v) is 17.1. The number of nitrogens with zero attached hydrogens (tertiary/aromatic N) is 1. The number of hydrogen-bond donors (Lipinski definition) is 1. The van der Waals surface area contributed by atoms with Crippen molar-refractivity contribution in [3.8, 4) is 0 Å². The number of fused-ring (bicyclic) bond motifs is 2. The molecule has 264 valence electrons. The molecular formula is C32H29F6NO9S. The van der Waals surface area contributed by atoms with Crippen molar-refractivity contribution >= 4 is 28.0 Å². The third kappa shape index (κ3) is 4.89. The van der Waals surface area contributed by atoms with Crippen molar-refractivity contribution in [2.24, 2.45) is 17.8 Å². The Morgan fingerprint density at radius 2 is 1.45 bits per heavy atom. The molecule has 0 aromatic heterocycles. The summed E-state index contributed by atoms with van der Waals surface area (Å²) >= 11 is 0. The maximum Gasteiger partial charge on any atom is 0.438 e. The van der Waals surface area contributed by atoms with Crippen molar-refractivity contribution in [1.29, 1.82) is 0 Å². The van der Waals surface area contributed by atoms with Crippen LogP contribution in [0.1, 0.15) is 54.4 Å². The van der Waals surface area contributed by atoms with Gasteiger partial charge in [0.15, 0.2) is 6.10 Å². The Kier molecular flexibility index (Phi) is 7.51. The number of alkyl halides is 6. The topological polar surface area (TPSA) is 137 Å². The van der Waals surface area contributed by atoms with Gasteiger partial charge in [-0.3, -0.25) is 18.9 Å². The number of esters is 2. The lowest BCUT2D eigenvalue weighted by atomic mass is 9.59. The normalized spacial score (nSPS) is 31.6. The minimum absolute atomic E-state index is 0.167. The van der Waals surface area contributed by atoms with Gasteiger partial charge in [-0.2, -0.15) is 34.8 Å². The molecule has 0 spiro atoms. The molecule has 10 nitrogen and oxygen atoms in total. The van der Waals surface area contributed by atoms with Gasteiger partial charge in [0.2, 0.25) is 5.91 Å². The van der Waals surface area contributed by atoms with Crippen LogP contribution >= 0.6 is 0 Å². The first kappa shape index (κ1) is 33.8. The Hall–Kier alpha value is -3.70. The van der Waals surface area contributed by atoms with Crippen LogP contribution in [0.25, 0.3) is 0 Å². The van der Waals surface area contributed by atoms with E-state index in [1.807, 2.05) is 48.5 Å². The van der Waals surface area contributed by atoms with Gasteiger partial charge in [0.1, 0.15) is 17.8 Å². The van der Waals surface area contributed by atoms with Crippen LogP contribution in [0.3, 0.4) is 0 Å². The lowest BCUT2D eigenvalue weighted by Gasteiger charge is -2.45. The summed E-state index contributed by atoms with van der Waals surface area (Å²) in [6.45, 7) is 3.17. The molecule has 2 aromatic carbocycles. The van der Waals surface area contributed by atoms with E-state index in [9.17, 15) is 49.1 Å². The zero-order valence-electron chi connectivity index (χ0n) is 25.6. The van der Waals surface area contributed by atoms with Crippen LogP contribution < -0.4 is 0 Å². The number of halogens is 6. The third-order valence-electron chi connectivity index (χ3n) is 10.5. The number of benzene rings is 2. The van der Waals surface area contributed by atoms with Gasteiger partial charge in [0.05, 0.1) is 24.0 Å². The summed E-state index contributed by atoms with van der Waals surface area (Å²) in [5, 5.41) is 0. The molecule has 8 rings (SSSR count). The summed E-state index contributed by atoms with van der Waals surface area (Å²) < 4.78 is 132. The summed E-state index contributed by atoms with van der Waals surface area (Å²) in [7, 11) is -6.05. The fraction of sp³-hybridized carbons (Fsp3) is 0.531. The molecule has 1 amide bonds. The molecule has 7 unspecified atom stereocenters. The van der Waals surface area contributed by atoms with Crippen molar-refractivity contribution < 1.29 is 67.9 Å². The van der Waals surface area contributed by atoms with E-state index in [1.54, 1.807) is 13.8 Å². The molecule has 3 aliphatic carbocycles. The number of carbonyl (C=O) groups is 3. The van der Waals surface area contributed by atoms with Gasteiger partial charge in [0, 0.05) is 17.9 Å². The van der Waals surface area contributed by atoms with Gasteiger partial charge in [-0.1, -0.05) is 48.5 Å². The van der Waals surface area contributed by atoms with E-state index in [4.69, 9.17) is 14.0 Å². The molecule has 3 aliphatic heterocycles. The smallest absolute Gasteiger partial charge is 0.438 e. The summed E-state index contributed by atoms with van der Waals surface area (Å²) in [4.78, 5) is 42.4. The Balaban J connectivity index is 1.23. The standard InChI is InChI=1S/C32H29F6NO9S/c1-13(2)39-23-24-21(27(39)40)22(29(42)48-30(31(33,34)35,32(36,37)38)12-49(43,44)45)25(46-24)26(23)47-28(41)19-11-18-14-7-3-5-9-16(14)20(19)17-10-6-4-8-15(17)18/h3-10,13,18-26H,11-12H2,1-2H3,(H,43,44,45). The lowest BCUT2D eigenvalue weighted by molar-refractivity contribution is -0.362. The molecule has 49 heavy (non-hydrogen) atoms. The van der Waals surface area contributed by atoms with E-state index in [0.717, 1.165) is 22.3 Å². The SMILES string of the molecule is CC(C)N1C(=O)C2C3OC(C(OC(=O)C4CC5c6ccccc6C4c4ccccc45)C31)C2C(=O)OC(CS(=O)(=O)O)(C(F)(F)F)C(F)(F)F. The van der Waals surface area contributed by atoms with E-state index in [-0.39, 0.29) is 5.92 Å². The van der Waals surface area contributed by atoms with Gasteiger partial charge in [-0.15, -0.1) is 0 Å². The average Bonchev–Trinajstić information content (AvgIpc) is 3.62. The van der Waals surface area contributed by atoms with Gasteiger partial charge < -0.3 is 19.1 Å². The molecule has 3 saturated heterocycles. The van der Waals surface area contributed by atoms with Crippen LogP contribution in [-0.4, -0.2) is 89.8 Å². The highest BCUT2D eigenvalue weighted by Gasteiger charge is 2.78. The van der Waals surface area contributed by atoms with Crippen molar-refractivity contribution in [2.45, 2.75) is 80.5 Å². The highest BCUT2D eigenvalue weighted by molar-refractivity contribution is 7.85. The Labute approximate surface area is 275 Å². The zero-order valence-corrected chi connectivity index (χ0v) is 26.5. The molecule has 7 atom stereocenters. The van der Waals surface area contributed by atoms with Crippen LogP contribution in [0.2, 0.25) is 0 Å². The lowest BCUT2D eigenvalue weighted by Crippen LogP contribution is -2.64. The van der Waals surface area contributed by atoms with Gasteiger partial charge in [0.25, 0.3) is 10.1 Å². The largest absolute Gasteiger partial charge is 0.457 e. The van der Waals surface area contributed by atoms with E-state index in [0.29, 0.717) is 6.42 Å². The van der Waals surface area contributed by atoms with Crippen LogP contribution in [-0.2, 0) is 38.7 Å². The van der Waals surface area contributed by atoms with E-state index in [2.05, 4.69) is 4.74 Å². The number of ether oxygens (including phenoxy) is 3. The molecule has 2 aromatic rings. The molecule has 0 radical (unpaired) electrons. The predicted octanol–water partition coefficient (Wildman–Crippen LogP) is 4.12. The fourth-order valence-electron chi connectivity index (χ4n) is 8.72. The zero-order chi connectivity index (χ0) is 35.6. The number of hydrogen-bond acceptors (Lipinski definition) is 8. The van der Waals surface area contributed by atoms with Gasteiger partial charge in [-0.25, -0.2) is 0 Å². The molecular weight excluding hydrogens is 688 g/mol. The minimum atomic E-state index is -6.57.